The molecule has 0 amide bonds. The molecule has 2 aliphatic rings. The quantitative estimate of drug-likeness (QED) is 0.591. The summed E-state index contributed by atoms with van der Waals surface area (Å²) >= 11 is 0. The number of amidine groups is 1. The first-order chi connectivity index (χ1) is 10.7. The monoisotopic (exact) mass is 300 g/mol. The van der Waals surface area contributed by atoms with Crippen LogP contribution in [0.4, 0.5) is 5.69 Å². The van der Waals surface area contributed by atoms with E-state index in [-0.39, 0.29) is 0 Å². The molecule has 2 fully saturated rings. The molecule has 3 rings (SSSR count). The minimum atomic E-state index is 0.744. The van der Waals surface area contributed by atoms with Crippen LogP contribution >= 0.6 is 0 Å². The summed E-state index contributed by atoms with van der Waals surface area (Å²) in [5.74, 6) is 1.95. The van der Waals surface area contributed by atoms with Crippen molar-refractivity contribution < 1.29 is 4.74 Å². The Morgan fingerprint density at radius 1 is 1.18 bits per heavy atom. The van der Waals surface area contributed by atoms with E-state index in [1.165, 1.54) is 12.0 Å². The Bertz CT molecular complexity index is 576. The van der Waals surface area contributed by atoms with Crippen LogP contribution < -0.4 is 0 Å². The van der Waals surface area contributed by atoms with Gasteiger partial charge >= 0.3 is 0 Å². The zero-order valence-electron chi connectivity index (χ0n) is 13.5. The van der Waals surface area contributed by atoms with E-state index in [0.717, 1.165) is 56.8 Å². The SMILES string of the molecule is Cc1cccc(N=C(N=C2CCCN2C)N2CCOCC2)c1. The molecule has 5 heteroatoms. The zero-order valence-corrected chi connectivity index (χ0v) is 13.5. The highest BCUT2D eigenvalue weighted by Crippen LogP contribution is 2.17. The maximum Gasteiger partial charge on any atom is 0.227 e. The van der Waals surface area contributed by atoms with Gasteiger partial charge in [0.25, 0.3) is 0 Å². The van der Waals surface area contributed by atoms with E-state index in [1.54, 1.807) is 0 Å². The van der Waals surface area contributed by atoms with Crippen molar-refractivity contribution in [2.24, 2.45) is 9.98 Å². The van der Waals surface area contributed by atoms with Crippen LogP contribution in [-0.2, 0) is 4.74 Å². The first kappa shape index (κ1) is 15.0. The summed E-state index contributed by atoms with van der Waals surface area (Å²) in [5, 5.41) is 0. The van der Waals surface area contributed by atoms with Crippen LogP contribution in [0, 0.1) is 6.92 Å². The number of aryl methyl sites for hydroxylation is 1. The van der Waals surface area contributed by atoms with Crippen molar-refractivity contribution in [3.8, 4) is 0 Å². The second-order valence-electron chi connectivity index (χ2n) is 5.90. The van der Waals surface area contributed by atoms with Gasteiger partial charge in [-0.1, -0.05) is 12.1 Å². The Morgan fingerprint density at radius 2 is 2.00 bits per heavy atom. The number of likely N-dealkylation sites (tertiary alicyclic amines) is 1. The first-order valence-electron chi connectivity index (χ1n) is 7.99. The van der Waals surface area contributed by atoms with Crippen molar-refractivity contribution in [2.75, 3.05) is 39.9 Å². The van der Waals surface area contributed by atoms with Gasteiger partial charge in [-0.3, -0.25) is 0 Å². The second-order valence-corrected chi connectivity index (χ2v) is 5.90. The van der Waals surface area contributed by atoms with Crippen LogP contribution in [0.25, 0.3) is 0 Å². The van der Waals surface area contributed by atoms with Gasteiger partial charge in [0.05, 0.1) is 18.9 Å². The summed E-state index contributed by atoms with van der Waals surface area (Å²) in [4.78, 5) is 14.1. The predicted molar refractivity (Wildman–Crippen MR) is 90.0 cm³/mol. The highest BCUT2D eigenvalue weighted by molar-refractivity contribution is 5.97. The van der Waals surface area contributed by atoms with Gasteiger partial charge < -0.3 is 14.5 Å². The number of benzene rings is 1. The molecule has 0 saturated carbocycles. The number of aliphatic imine (C=N–C) groups is 2. The van der Waals surface area contributed by atoms with Gasteiger partial charge in [0.2, 0.25) is 5.96 Å². The van der Waals surface area contributed by atoms with E-state index >= 15 is 0 Å². The van der Waals surface area contributed by atoms with Gasteiger partial charge in [-0.05, 0) is 31.0 Å². The molecule has 2 aliphatic heterocycles. The lowest BCUT2D eigenvalue weighted by Crippen LogP contribution is -2.40. The maximum atomic E-state index is 5.45. The third-order valence-electron chi connectivity index (χ3n) is 4.09. The zero-order chi connectivity index (χ0) is 15.4. The fourth-order valence-electron chi connectivity index (χ4n) is 2.79. The average molecular weight is 300 g/mol. The van der Waals surface area contributed by atoms with Gasteiger partial charge in [0.1, 0.15) is 5.84 Å². The van der Waals surface area contributed by atoms with E-state index in [4.69, 9.17) is 14.7 Å². The van der Waals surface area contributed by atoms with Crippen LogP contribution in [0.5, 0.6) is 0 Å². The van der Waals surface area contributed by atoms with Crippen LogP contribution in [0.15, 0.2) is 34.3 Å². The van der Waals surface area contributed by atoms with E-state index < -0.39 is 0 Å². The number of morpholine rings is 1. The molecule has 2 saturated heterocycles. The number of hydrogen-bond acceptors (Lipinski definition) is 2. The Morgan fingerprint density at radius 3 is 2.68 bits per heavy atom. The molecule has 0 unspecified atom stereocenters. The number of hydrogen-bond donors (Lipinski definition) is 0. The highest BCUT2D eigenvalue weighted by Gasteiger charge is 2.19. The van der Waals surface area contributed by atoms with Gasteiger partial charge in [0, 0.05) is 33.1 Å². The molecule has 22 heavy (non-hydrogen) atoms. The smallest absolute Gasteiger partial charge is 0.227 e. The van der Waals surface area contributed by atoms with Gasteiger partial charge in [0.15, 0.2) is 0 Å². The highest BCUT2D eigenvalue weighted by atomic mass is 16.5. The molecule has 0 aliphatic carbocycles. The van der Waals surface area contributed by atoms with Crippen LogP contribution in [0.3, 0.4) is 0 Å². The number of guanidine groups is 1. The van der Waals surface area contributed by atoms with Crippen LogP contribution in [0.1, 0.15) is 18.4 Å². The fourth-order valence-corrected chi connectivity index (χ4v) is 2.79. The molecule has 0 atom stereocenters. The Kier molecular flexibility index (Phi) is 4.73. The lowest BCUT2D eigenvalue weighted by molar-refractivity contribution is 0.0676. The lowest BCUT2D eigenvalue weighted by atomic mass is 10.2. The minimum absolute atomic E-state index is 0.744. The molecule has 1 aromatic carbocycles. The molecule has 2 heterocycles. The molecule has 0 radical (unpaired) electrons. The van der Waals surface area contributed by atoms with Crippen molar-refractivity contribution in [3.63, 3.8) is 0 Å². The molecule has 0 bridgehead atoms. The second kappa shape index (κ2) is 6.92. The van der Waals surface area contributed by atoms with E-state index in [9.17, 15) is 0 Å². The summed E-state index contributed by atoms with van der Waals surface area (Å²) in [6.45, 7) is 6.36. The first-order valence-corrected chi connectivity index (χ1v) is 7.99. The third-order valence-corrected chi connectivity index (χ3v) is 4.09. The standard InChI is InChI=1S/C17H24N4O/c1-14-5-3-6-15(13-14)18-17(21-9-11-22-12-10-21)19-16-7-4-8-20(16)2/h3,5-6,13H,4,7-12H2,1-2H3. The van der Waals surface area contributed by atoms with Crippen LogP contribution in [0.2, 0.25) is 0 Å². The Hall–Kier alpha value is -1.88. The topological polar surface area (TPSA) is 40.4 Å². The van der Waals surface area contributed by atoms with Crippen molar-refractivity contribution >= 4 is 17.5 Å². The number of nitrogens with zero attached hydrogens (tertiary/aromatic N) is 4. The lowest BCUT2D eigenvalue weighted by Gasteiger charge is -2.28. The van der Waals surface area contributed by atoms with Crippen molar-refractivity contribution in [2.45, 2.75) is 19.8 Å². The minimum Gasteiger partial charge on any atom is -0.378 e. The van der Waals surface area contributed by atoms with Crippen molar-refractivity contribution in [3.05, 3.63) is 29.8 Å². The maximum absolute atomic E-state index is 5.45. The normalized spacial score (nSPS) is 21.7. The van der Waals surface area contributed by atoms with Crippen LogP contribution in [-0.4, -0.2) is 61.5 Å². The fraction of sp³-hybridized carbons (Fsp3) is 0.529. The Labute approximate surface area is 132 Å². The summed E-state index contributed by atoms with van der Waals surface area (Å²) in [5.41, 5.74) is 2.18. The van der Waals surface area contributed by atoms with E-state index in [1.807, 2.05) is 12.1 Å². The predicted octanol–water partition coefficient (Wildman–Crippen LogP) is 2.44. The van der Waals surface area contributed by atoms with Gasteiger partial charge in [-0.25, -0.2) is 4.99 Å². The molecule has 0 N–H and O–H groups in total. The van der Waals surface area contributed by atoms with Crippen molar-refractivity contribution in [1.82, 2.24) is 9.80 Å². The van der Waals surface area contributed by atoms with Gasteiger partial charge in [-0.15, -0.1) is 0 Å². The molecular formula is C17H24N4O. The average Bonchev–Trinajstić information content (AvgIpc) is 2.93. The summed E-state index contributed by atoms with van der Waals surface area (Å²) in [7, 11) is 2.11. The summed E-state index contributed by atoms with van der Waals surface area (Å²) in [6, 6.07) is 8.26. The molecule has 0 spiro atoms. The largest absolute Gasteiger partial charge is 0.378 e. The van der Waals surface area contributed by atoms with E-state index in [0.29, 0.717) is 0 Å². The molecular weight excluding hydrogens is 276 g/mol. The number of rotatable bonds is 1. The third kappa shape index (κ3) is 3.65. The van der Waals surface area contributed by atoms with Gasteiger partial charge in [-0.2, -0.15) is 4.99 Å². The van der Waals surface area contributed by atoms with Crippen molar-refractivity contribution in [1.29, 1.82) is 0 Å². The summed E-state index contributed by atoms with van der Waals surface area (Å²) in [6.07, 6.45) is 2.21. The molecule has 118 valence electrons. The molecule has 0 aromatic heterocycles. The molecule has 1 aromatic rings. The Balaban J connectivity index is 1.91. The number of ether oxygens (including phenoxy) is 1. The van der Waals surface area contributed by atoms with E-state index in [2.05, 4.69) is 35.9 Å². The molecule has 5 nitrogen and oxygen atoms in total. The summed E-state index contributed by atoms with van der Waals surface area (Å²) < 4.78 is 5.45.